The largest absolute Gasteiger partial charge is 0.369 e. The van der Waals surface area contributed by atoms with Crippen LogP contribution in [-0.4, -0.2) is 43.5 Å². The van der Waals surface area contributed by atoms with Crippen molar-refractivity contribution >= 4 is 11.6 Å². The Bertz CT molecular complexity index is 844. The van der Waals surface area contributed by atoms with E-state index in [2.05, 4.69) is 40.2 Å². The van der Waals surface area contributed by atoms with Crippen LogP contribution in [0.25, 0.3) is 0 Å². The van der Waals surface area contributed by atoms with Crippen molar-refractivity contribution in [1.82, 2.24) is 10.2 Å². The Morgan fingerprint density at radius 1 is 1.00 bits per heavy atom. The van der Waals surface area contributed by atoms with Gasteiger partial charge in [0.15, 0.2) is 0 Å². The highest BCUT2D eigenvalue weighted by Gasteiger charge is 2.20. The minimum Gasteiger partial charge on any atom is -0.369 e. The number of fused-ring (bicyclic) bond motifs is 1. The molecule has 0 spiro atoms. The molecule has 2 aromatic carbocycles. The summed E-state index contributed by atoms with van der Waals surface area (Å²) in [6.07, 6.45) is 4.89. The van der Waals surface area contributed by atoms with E-state index in [9.17, 15) is 9.18 Å². The van der Waals surface area contributed by atoms with Gasteiger partial charge in [-0.2, -0.15) is 0 Å². The second-order valence-corrected chi connectivity index (χ2v) is 8.26. The van der Waals surface area contributed by atoms with Crippen molar-refractivity contribution in [1.29, 1.82) is 0 Å². The molecule has 4 rings (SSSR count). The first kappa shape index (κ1) is 19.9. The molecule has 0 bridgehead atoms. The first-order chi connectivity index (χ1) is 14.1. The van der Waals surface area contributed by atoms with Gasteiger partial charge in [0, 0.05) is 31.9 Å². The number of halogens is 1. The Morgan fingerprint density at radius 2 is 1.69 bits per heavy atom. The number of nitrogens with one attached hydrogen (secondary N) is 1. The summed E-state index contributed by atoms with van der Waals surface area (Å²) in [6, 6.07) is 13.3. The fourth-order valence-corrected chi connectivity index (χ4v) is 4.41. The maximum absolute atomic E-state index is 13.1. The maximum Gasteiger partial charge on any atom is 0.234 e. The molecule has 0 saturated carbocycles. The van der Waals surface area contributed by atoms with Gasteiger partial charge in [-0.3, -0.25) is 9.69 Å². The Kier molecular flexibility index (Phi) is 6.14. The Morgan fingerprint density at radius 3 is 2.41 bits per heavy atom. The van der Waals surface area contributed by atoms with E-state index in [0.29, 0.717) is 6.54 Å². The van der Waals surface area contributed by atoms with Crippen LogP contribution in [0.5, 0.6) is 0 Å². The average molecular weight is 396 g/mol. The molecular formula is C24H30FN3O. The molecule has 154 valence electrons. The van der Waals surface area contributed by atoms with Gasteiger partial charge in [-0.25, -0.2) is 4.39 Å². The lowest BCUT2D eigenvalue weighted by Gasteiger charge is -2.35. The second-order valence-electron chi connectivity index (χ2n) is 8.26. The van der Waals surface area contributed by atoms with Crippen LogP contribution >= 0.6 is 0 Å². The van der Waals surface area contributed by atoms with Crippen molar-refractivity contribution < 1.29 is 9.18 Å². The predicted molar refractivity (Wildman–Crippen MR) is 115 cm³/mol. The fraction of sp³-hybridized carbons (Fsp3) is 0.458. The molecule has 2 aromatic rings. The molecule has 1 aliphatic carbocycles. The highest BCUT2D eigenvalue weighted by molar-refractivity contribution is 5.78. The van der Waals surface area contributed by atoms with Crippen LogP contribution in [0.2, 0.25) is 0 Å². The summed E-state index contributed by atoms with van der Waals surface area (Å²) in [4.78, 5) is 17.0. The van der Waals surface area contributed by atoms with E-state index < -0.39 is 0 Å². The molecule has 1 heterocycles. The van der Waals surface area contributed by atoms with Crippen LogP contribution in [0, 0.1) is 5.82 Å². The smallest absolute Gasteiger partial charge is 0.234 e. The third-order valence-electron chi connectivity index (χ3n) is 6.18. The summed E-state index contributed by atoms with van der Waals surface area (Å²) in [7, 11) is 0. The molecule has 2 aliphatic rings. The molecule has 1 fully saturated rings. The topological polar surface area (TPSA) is 35.6 Å². The Balaban J connectivity index is 1.26. The van der Waals surface area contributed by atoms with Crippen molar-refractivity contribution in [2.75, 3.05) is 37.6 Å². The van der Waals surface area contributed by atoms with Gasteiger partial charge in [-0.15, -0.1) is 0 Å². The quantitative estimate of drug-likeness (QED) is 0.838. The van der Waals surface area contributed by atoms with Crippen molar-refractivity contribution in [3.05, 3.63) is 65.0 Å². The van der Waals surface area contributed by atoms with Gasteiger partial charge in [0.25, 0.3) is 0 Å². The first-order valence-corrected chi connectivity index (χ1v) is 10.7. The van der Waals surface area contributed by atoms with Crippen molar-refractivity contribution in [3.8, 4) is 0 Å². The number of benzene rings is 2. The van der Waals surface area contributed by atoms with Crippen LogP contribution in [0.3, 0.4) is 0 Å². The lowest BCUT2D eigenvalue weighted by molar-refractivity contribution is -0.123. The molecule has 0 radical (unpaired) electrons. The monoisotopic (exact) mass is 395 g/mol. The molecule has 5 heteroatoms. The van der Waals surface area contributed by atoms with Gasteiger partial charge in [-0.1, -0.05) is 18.2 Å². The number of amides is 1. The van der Waals surface area contributed by atoms with E-state index in [4.69, 9.17) is 0 Å². The van der Waals surface area contributed by atoms with Gasteiger partial charge in [0.1, 0.15) is 5.82 Å². The molecule has 1 amide bonds. The number of hydrogen-bond acceptors (Lipinski definition) is 3. The third kappa shape index (κ3) is 4.96. The summed E-state index contributed by atoms with van der Waals surface area (Å²) < 4.78 is 13.1. The van der Waals surface area contributed by atoms with Gasteiger partial charge in [-0.05, 0) is 73.6 Å². The first-order valence-electron chi connectivity index (χ1n) is 10.7. The van der Waals surface area contributed by atoms with Gasteiger partial charge >= 0.3 is 0 Å². The molecule has 1 aliphatic heterocycles. The van der Waals surface area contributed by atoms with Crippen LogP contribution < -0.4 is 10.2 Å². The minimum atomic E-state index is -0.211. The van der Waals surface area contributed by atoms with E-state index in [0.717, 1.165) is 38.3 Å². The zero-order valence-electron chi connectivity index (χ0n) is 17.2. The van der Waals surface area contributed by atoms with Gasteiger partial charge in [0.2, 0.25) is 5.91 Å². The molecule has 0 unspecified atom stereocenters. The van der Waals surface area contributed by atoms with E-state index >= 15 is 0 Å². The standard InChI is InChI=1S/C24H30FN3O/c1-18(20-7-6-19-4-2-3-5-21(19)16-20)26-24(29)17-27-12-14-28(15-13-27)23-10-8-22(25)9-11-23/h6-11,16,18H,2-5,12-15,17H2,1H3,(H,26,29)/t18-/m1/s1. The van der Waals surface area contributed by atoms with Crippen molar-refractivity contribution in [3.63, 3.8) is 0 Å². The molecule has 0 aromatic heterocycles. The third-order valence-corrected chi connectivity index (χ3v) is 6.18. The minimum absolute atomic E-state index is 0.0234. The normalized spacial score (nSPS) is 18.2. The number of nitrogens with zero attached hydrogens (tertiary/aromatic N) is 2. The number of carbonyl (C=O) groups excluding carboxylic acids is 1. The summed E-state index contributed by atoms with van der Waals surface area (Å²) >= 11 is 0. The van der Waals surface area contributed by atoms with E-state index in [1.165, 1.54) is 48.1 Å². The van der Waals surface area contributed by atoms with Crippen molar-refractivity contribution in [2.24, 2.45) is 0 Å². The zero-order chi connectivity index (χ0) is 20.2. The summed E-state index contributed by atoms with van der Waals surface area (Å²) in [5, 5.41) is 3.16. The molecule has 29 heavy (non-hydrogen) atoms. The number of carbonyl (C=O) groups is 1. The molecule has 4 nitrogen and oxygen atoms in total. The number of hydrogen-bond donors (Lipinski definition) is 1. The Labute approximate surface area is 172 Å². The lowest BCUT2D eigenvalue weighted by atomic mass is 9.89. The molecule has 1 saturated heterocycles. The number of anilines is 1. The van der Waals surface area contributed by atoms with Crippen LogP contribution in [-0.2, 0) is 17.6 Å². The number of rotatable bonds is 5. The molecule has 1 atom stereocenters. The highest BCUT2D eigenvalue weighted by atomic mass is 19.1. The molecule has 1 N–H and O–H groups in total. The maximum atomic E-state index is 13.1. The van der Waals surface area contributed by atoms with E-state index in [1.54, 1.807) is 0 Å². The fourth-order valence-electron chi connectivity index (χ4n) is 4.41. The SMILES string of the molecule is C[C@@H](NC(=O)CN1CCN(c2ccc(F)cc2)CC1)c1ccc2c(c1)CCCC2. The van der Waals surface area contributed by atoms with Crippen LogP contribution in [0.15, 0.2) is 42.5 Å². The van der Waals surface area contributed by atoms with E-state index in [-0.39, 0.29) is 17.8 Å². The summed E-state index contributed by atoms with van der Waals surface area (Å²) in [5.41, 5.74) is 5.15. The Hall–Kier alpha value is -2.40. The molecular weight excluding hydrogens is 365 g/mol. The predicted octanol–water partition coefficient (Wildman–Crippen LogP) is 3.70. The van der Waals surface area contributed by atoms with Crippen LogP contribution in [0.4, 0.5) is 10.1 Å². The van der Waals surface area contributed by atoms with Crippen molar-refractivity contribution in [2.45, 2.75) is 38.6 Å². The number of aryl methyl sites for hydroxylation is 2. The number of piperazine rings is 1. The van der Waals surface area contributed by atoms with Gasteiger partial charge in [0.05, 0.1) is 12.6 Å². The van der Waals surface area contributed by atoms with E-state index in [1.807, 2.05) is 12.1 Å². The second kappa shape index (κ2) is 8.95. The zero-order valence-corrected chi connectivity index (χ0v) is 17.2. The summed E-state index contributed by atoms with van der Waals surface area (Å²) in [6.45, 7) is 5.84. The van der Waals surface area contributed by atoms with Gasteiger partial charge < -0.3 is 10.2 Å². The summed E-state index contributed by atoms with van der Waals surface area (Å²) in [5.74, 6) is -0.137. The lowest BCUT2D eigenvalue weighted by Crippen LogP contribution is -2.49. The van der Waals surface area contributed by atoms with Crippen LogP contribution in [0.1, 0.15) is 42.5 Å². The average Bonchev–Trinajstić information content (AvgIpc) is 2.74. The highest BCUT2D eigenvalue weighted by Crippen LogP contribution is 2.25.